The third-order valence-electron chi connectivity index (χ3n) is 2.71. The average Bonchev–Trinajstić information content (AvgIpc) is 3.12. The molecule has 0 aliphatic heterocycles. The summed E-state index contributed by atoms with van der Waals surface area (Å²) in [6.07, 6.45) is 2.01. The van der Waals surface area contributed by atoms with Crippen LogP contribution in [0, 0.1) is 5.92 Å². The second-order valence-corrected chi connectivity index (χ2v) is 4.37. The Bertz CT molecular complexity index is 422. The Balaban J connectivity index is 1.88. The van der Waals surface area contributed by atoms with Gasteiger partial charge in [-0.2, -0.15) is 0 Å². The number of anilines is 1. The summed E-state index contributed by atoms with van der Waals surface area (Å²) in [5.41, 5.74) is 1.83. The van der Waals surface area contributed by atoms with Crippen LogP contribution in [0.4, 0.5) is 5.69 Å². The van der Waals surface area contributed by atoms with Crippen molar-refractivity contribution in [3.8, 4) is 0 Å². The minimum absolute atomic E-state index is 0.0453. The molecule has 1 aromatic rings. The molecular formula is C13H16N2O2. The highest BCUT2D eigenvalue weighted by molar-refractivity contribution is 5.94. The highest BCUT2D eigenvalue weighted by atomic mass is 16.2. The molecule has 90 valence electrons. The van der Waals surface area contributed by atoms with Crippen molar-refractivity contribution in [1.29, 1.82) is 0 Å². The van der Waals surface area contributed by atoms with E-state index in [0.29, 0.717) is 6.54 Å². The van der Waals surface area contributed by atoms with Crippen LogP contribution in [0.15, 0.2) is 24.3 Å². The van der Waals surface area contributed by atoms with Crippen molar-refractivity contribution in [2.75, 3.05) is 5.32 Å². The lowest BCUT2D eigenvalue weighted by Crippen LogP contribution is -2.18. The Morgan fingerprint density at radius 2 is 1.88 bits per heavy atom. The number of hydrogen-bond donors (Lipinski definition) is 2. The van der Waals surface area contributed by atoms with Crippen LogP contribution in [-0.2, 0) is 16.1 Å². The van der Waals surface area contributed by atoms with E-state index in [1.54, 1.807) is 0 Å². The molecule has 0 radical (unpaired) electrons. The molecule has 0 unspecified atom stereocenters. The Kier molecular flexibility index (Phi) is 3.42. The largest absolute Gasteiger partial charge is 0.352 e. The molecule has 4 heteroatoms. The molecule has 2 rings (SSSR count). The second-order valence-electron chi connectivity index (χ2n) is 4.37. The molecular weight excluding hydrogens is 216 g/mol. The lowest BCUT2D eigenvalue weighted by molar-refractivity contribution is -0.119. The summed E-state index contributed by atoms with van der Waals surface area (Å²) >= 11 is 0. The lowest BCUT2D eigenvalue weighted by atomic mass is 10.2. The number of amides is 2. The van der Waals surface area contributed by atoms with Crippen LogP contribution in [0.1, 0.15) is 25.3 Å². The number of nitrogens with one attached hydrogen (secondary N) is 2. The van der Waals surface area contributed by atoms with Gasteiger partial charge in [0.1, 0.15) is 0 Å². The fourth-order valence-electron chi connectivity index (χ4n) is 1.52. The summed E-state index contributed by atoms with van der Waals surface area (Å²) in [4.78, 5) is 22.2. The maximum atomic E-state index is 11.5. The van der Waals surface area contributed by atoms with E-state index in [-0.39, 0.29) is 17.7 Å². The highest BCUT2D eigenvalue weighted by Crippen LogP contribution is 2.30. The quantitative estimate of drug-likeness (QED) is 0.829. The smallest absolute Gasteiger partial charge is 0.227 e. The Morgan fingerprint density at radius 3 is 2.41 bits per heavy atom. The number of carbonyl (C=O) groups is 2. The molecule has 0 aromatic heterocycles. The zero-order chi connectivity index (χ0) is 12.3. The average molecular weight is 232 g/mol. The molecule has 1 saturated carbocycles. The van der Waals surface area contributed by atoms with Crippen molar-refractivity contribution < 1.29 is 9.59 Å². The first-order chi connectivity index (χ1) is 8.15. The summed E-state index contributed by atoms with van der Waals surface area (Å²) < 4.78 is 0. The summed E-state index contributed by atoms with van der Waals surface area (Å²) in [5, 5.41) is 5.59. The van der Waals surface area contributed by atoms with E-state index in [4.69, 9.17) is 0 Å². The minimum atomic E-state index is -0.0453. The maximum absolute atomic E-state index is 11.5. The van der Waals surface area contributed by atoms with Crippen LogP contribution < -0.4 is 10.6 Å². The van der Waals surface area contributed by atoms with Crippen molar-refractivity contribution in [3.05, 3.63) is 29.8 Å². The van der Waals surface area contributed by atoms with E-state index in [1.807, 2.05) is 24.3 Å². The normalized spacial score (nSPS) is 14.2. The summed E-state index contributed by atoms with van der Waals surface area (Å²) in [6.45, 7) is 2.01. The molecule has 1 aliphatic rings. The first kappa shape index (κ1) is 11.6. The molecule has 2 amide bonds. The summed E-state index contributed by atoms with van der Waals surface area (Å²) in [5.74, 6) is 0.282. The highest BCUT2D eigenvalue weighted by Gasteiger charge is 2.29. The van der Waals surface area contributed by atoms with E-state index in [9.17, 15) is 9.59 Å². The van der Waals surface area contributed by atoms with Crippen molar-refractivity contribution in [2.24, 2.45) is 5.92 Å². The topological polar surface area (TPSA) is 58.2 Å². The van der Waals surface area contributed by atoms with Crippen LogP contribution in [0.3, 0.4) is 0 Å². The fourth-order valence-corrected chi connectivity index (χ4v) is 1.52. The molecule has 4 nitrogen and oxygen atoms in total. The first-order valence-electron chi connectivity index (χ1n) is 5.79. The predicted octanol–water partition coefficient (Wildman–Crippen LogP) is 1.67. The standard InChI is InChI=1S/C13H16N2O2/c1-9(16)14-8-10-2-6-12(7-3-10)15-13(17)11-4-5-11/h2-3,6-7,11H,4-5,8H2,1H3,(H,14,16)(H,15,17). The zero-order valence-corrected chi connectivity index (χ0v) is 9.82. The van der Waals surface area contributed by atoms with E-state index < -0.39 is 0 Å². The fraction of sp³-hybridized carbons (Fsp3) is 0.385. The first-order valence-corrected chi connectivity index (χ1v) is 5.79. The molecule has 1 fully saturated rings. The second kappa shape index (κ2) is 4.99. The van der Waals surface area contributed by atoms with Crippen LogP contribution in [0.5, 0.6) is 0 Å². The lowest BCUT2D eigenvalue weighted by Gasteiger charge is -2.06. The van der Waals surface area contributed by atoms with Crippen LogP contribution in [0.25, 0.3) is 0 Å². The van der Waals surface area contributed by atoms with Crippen molar-refractivity contribution >= 4 is 17.5 Å². The Hall–Kier alpha value is -1.84. The van der Waals surface area contributed by atoms with Crippen molar-refractivity contribution in [1.82, 2.24) is 5.32 Å². The molecule has 1 aromatic carbocycles. The Morgan fingerprint density at radius 1 is 1.24 bits per heavy atom. The van der Waals surface area contributed by atoms with Crippen LogP contribution in [0.2, 0.25) is 0 Å². The van der Waals surface area contributed by atoms with Gasteiger partial charge in [-0.05, 0) is 30.5 Å². The van der Waals surface area contributed by atoms with Crippen molar-refractivity contribution in [2.45, 2.75) is 26.3 Å². The number of rotatable bonds is 4. The van der Waals surface area contributed by atoms with E-state index >= 15 is 0 Å². The van der Waals surface area contributed by atoms with Gasteiger partial charge < -0.3 is 10.6 Å². The SMILES string of the molecule is CC(=O)NCc1ccc(NC(=O)C2CC2)cc1. The summed E-state index contributed by atoms with van der Waals surface area (Å²) in [6, 6.07) is 7.52. The van der Waals surface area contributed by atoms with Gasteiger partial charge in [0.15, 0.2) is 0 Å². The Labute approximate surface area is 100 Å². The molecule has 0 atom stereocenters. The molecule has 0 bridgehead atoms. The minimum Gasteiger partial charge on any atom is -0.352 e. The van der Waals surface area contributed by atoms with E-state index in [0.717, 1.165) is 24.1 Å². The zero-order valence-electron chi connectivity index (χ0n) is 9.82. The molecule has 2 N–H and O–H groups in total. The third-order valence-corrected chi connectivity index (χ3v) is 2.71. The number of benzene rings is 1. The van der Waals surface area contributed by atoms with Gasteiger partial charge in [-0.3, -0.25) is 9.59 Å². The van der Waals surface area contributed by atoms with Gasteiger partial charge in [-0.25, -0.2) is 0 Å². The number of hydrogen-bond acceptors (Lipinski definition) is 2. The van der Waals surface area contributed by atoms with Gasteiger partial charge in [-0.15, -0.1) is 0 Å². The van der Waals surface area contributed by atoms with Gasteiger partial charge in [0.05, 0.1) is 0 Å². The predicted molar refractivity (Wildman–Crippen MR) is 65.3 cm³/mol. The molecule has 0 spiro atoms. The molecule has 1 aliphatic carbocycles. The summed E-state index contributed by atoms with van der Waals surface area (Å²) in [7, 11) is 0. The van der Waals surface area contributed by atoms with Crippen LogP contribution >= 0.6 is 0 Å². The van der Waals surface area contributed by atoms with Gasteiger partial charge in [0.25, 0.3) is 0 Å². The van der Waals surface area contributed by atoms with E-state index in [2.05, 4.69) is 10.6 Å². The van der Waals surface area contributed by atoms with Gasteiger partial charge in [0.2, 0.25) is 11.8 Å². The van der Waals surface area contributed by atoms with Crippen molar-refractivity contribution in [3.63, 3.8) is 0 Å². The maximum Gasteiger partial charge on any atom is 0.227 e. The van der Waals surface area contributed by atoms with Crippen LogP contribution in [-0.4, -0.2) is 11.8 Å². The third kappa shape index (κ3) is 3.59. The van der Waals surface area contributed by atoms with Gasteiger partial charge in [-0.1, -0.05) is 12.1 Å². The molecule has 17 heavy (non-hydrogen) atoms. The van der Waals surface area contributed by atoms with E-state index in [1.165, 1.54) is 6.92 Å². The number of carbonyl (C=O) groups excluding carboxylic acids is 2. The monoisotopic (exact) mass is 232 g/mol. The van der Waals surface area contributed by atoms with Gasteiger partial charge >= 0.3 is 0 Å². The van der Waals surface area contributed by atoms with Gasteiger partial charge in [0, 0.05) is 25.1 Å². The molecule has 0 heterocycles. The molecule has 0 saturated heterocycles.